The van der Waals surface area contributed by atoms with Gasteiger partial charge in [0.15, 0.2) is 0 Å². The van der Waals surface area contributed by atoms with E-state index in [2.05, 4.69) is 15.1 Å². The Hall–Kier alpha value is -3.94. The predicted octanol–water partition coefficient (Wildman–Crippen LogP) is 2.54. The van der Waals surface area contributed by atoms with Gasteiger partial charge in [0.1, 0.15) is 5.69 Å². The van der Waals surface area contributed by atoms with E-state index in [1.54, 1.807) is 17.0 Å². The van der Waals surface area contributed by atoms with Crippen molar-refractivity contribution in [2.75, 3.05) is 31.1 Å². The molecule has 0 bridgehead atoms. The Labute approximate surface area is 171 Å². The third-order valence-electron chi connectivity index (χ3n) is 5.26. The molecule has 1 N–H and O–H groups in total. The van der Waals surface area contributed by atoms with Crippen LogP contribution in [0.3, 0.4) is 0 Å². The molecule has 4 aromatic rings. The zero-order valence-electron chi connectivity index (χ0n) is 16.1. The van der Waals surface area contributed by atoms with E-state index < -0.39 is 0 Å². The Bertz CT molecular complexity index is 1260. The van der Waals surface area contributed by atoms with E-state index in [9.17, 15) is 9.59 Å². The van der Waals surface area contributed by atoms with Gasteiger partial charge >= 0.3 is 0 Å². The number of hydrogen-bond acceptors (Lipinski definition) is 6. The minimum atomic E-state index is -0.190. The van der Waals surface area contributed by atoms with Crippen LogP contribution < -0.4 is 10.5 Å². The van der Waals surface area contributed by atoms with Crippen molar-refractivity contribution in [3.05, 3.63) is 76.8 Å². The summed E-state index contributed by atoms with van der Waals surface area (Å²) in [6.07, 6.45) is 0. The van der Waals surface area contributed by atoms with Gasteiger partial charge in [-0.3, -0.25) is 14.6 Å². The highest BCUT2D eigenvalue weighted by atomic mass is 16.5. The fourth-order valence-corrected chi connectivity index (χ4v) is 3.62. The maximum Gasteiger partial charge on any atom is 0.292 e. The van der Waals surface area contributed by atoms with Gasteiger partial charge in [0.25, 0.3) is 11.5 Å². The van der Waals surface area contributed by atoms with Gasteiger partial charge in [-0.05, 0) is 12.1 Å². The van der Waals surface area contributed by atoms with Gasteiger partial charge in [0.2, 0.25) is 11.7 Å². The van der Waals surface area contributed by atoms with Crippen molar-refractivity contribution in [1.82, 2.24) is 20.0 Å². The Balaban J connectivity index is 1.29. The highest BCUT2D eigenvalue weighted by molar-refractivity contribution is 5.92. The van der Waals surface area contributed by atoms with E-state index in [0.29, 0.717) is 48.7 Å². The maximum absolute atomic E-state index is 12.8. The van der Waals surface area contributed by atoms with Crippen molar-refractivity contribution >= 4 is 22.8 Å². The van der Waals surface area contributed by atoms with Crippen LogP contribution in [-0.2, 0) is 0 Å². The first kappa shape index (κ1) is 18.1. The van der Waals surface area contributed by atoms with Gasteiger partial charge in [-0.2, -0.15) is 0 Å². The minimum absolute atomic E-state index is 0.163. The molecule has 150 valence electrons. The van der Waals surface area contributed by atoms with Crippen molar-refractivity contribution in [3.63, 3.8) is 0 Å². The standard InChI is InChI=1S/C22H19N5O3/c28-20-16-8-4-5-9-17(16)23-22(24-20)27-12-10-26(11-13-27)21(29)19-14-18(25-30-19)15-6-2-1-3-7-15/h1-9,14H,10-13H2,(H,23,24,28). The second-order valence-electron chi connectivity index (χ2n) is 7.13. The molecule has 3 heterocycles. The molecule has 1 fully saturated rings. The number of aromatic amines is 1. The Kier molecular flexibility index (Phi) is 4.51. The fraction of sp³-hybridized carbons (Fsp3) is 0.182. The van der Waals surface area contributed by atoms with Crippen molar-refractivity contribution in [2.45, 2.75) is 0 Å². The highest BCUT2D eigenvalue weighted by Crippen LogP contribution is 2.20. The monoisotopic (exact) mass is 401 g/mol. The summed E-state index contributed by atoms with van der Waals surface area (Å²) >= 11 is 0. The molecule has 1 aliphatic rings. The Morgan fingerprint density at radius 3 is 2.50 bits per heavy atom. The molecule has 0 saturated carbocycles. The van der Waals surface area contributed by atoms with Gasteiger partial charge in [-0.1, -0.05) is 47.6 Å². The first-order valence-corrected chi connectivity index (χ1v) is 9.74. The van der Waals surface area contributed by atoms with Crippen molar-refractivity contribution in [2.24, 2.45) is 0 Å². The molecular weight excluding hydrogens is 382 g/mol. The van der Waals surface area contributed by atoms with Crippen LogP contribution in [0.25, 0.3) is 22.2 Å². The number of benzene rings is 2. The summed E-state index contributed by atoms with van der Waals surface area (Å²) in [6.45, 7) is 2.12. The number of aromatic nitrogens is 3. The van der Waals surface area contributed by atoms with Crippen LogP contribution in [0.5, 0.6) is 0 Å². The number of anilines is 1. The molecule has 8 nitrogen and oxygen atoms in total. The molecule has 5 rings (SSSR count). The number of piperazine rings is 1. The van der Waals surface area contributed by atoms with Crippen LogP contribution in [0.4, 0.5) is 5.95 Å². The minimum Gasteiger partial charge on any atom is -0.350 e. The molecule has 0 atom stereocenters. The maximum atomic E-state index is 12.8. The average Bonchev–Trinajstić information content (AvgIpc) is 3.30. The number of carbonyl (C=O) groups excluding carboxylic acids is 1. The van der Waals surface area contributed by atoms with Crippen molar-refractivity contribution in [3.8, 4) is 11.3 Å². The number of hydrogen-bond donors (Lipinski definition) is 1. The van der Waals surface area contributed by atoms with Crippen LogP contribution in [0.2, 0.25) is 0 Å². The van der Waals surface area contributed by atoms with E-state index in [-0.39, 0.29) is 17.2 Å². The molecule has 0 spiro atoms. The molecule has 8 heteroatoms. The lowest BCUT2D eigenvalue weighted by atomic mass is 10.1. The van der Waals surface area contributed by atoms with Gasteiger partial charge in [0, 0.05) is 37.8 Å². The highest BCUT2D eigenvalue weighted by Gasteiger charge is 2.26. The molecule has 0 radical (unpaired) electrons. The molecule has 1 amide bonds. The van der Waals surface area contributed by atoms with Gasteiger partial charge in [-0.15, -0.1) is 0 Å². The summed E-state index contributed by atoms with van der Waals surface area (Å²) in [6, 6.07) is 18.5. The SMILES string of the molecule is O=C(c1cc(-c2ccccc2)no1)N1CCN(c2nc3ccccc3c(=O)[nH]2)CC1. The Morgan fingerprint density at radius 2 is 1.70 bits per heavy atom. The van der Waals surface area contributed by atoms with E-state index in [1.165, 1.54) is 0 Å². The smallest absolute Gasteiger partial charge is 0.292 e. The van der Waals surface area contributed by atoms with Crippen LogP contribution in [-0.4, -0.2) is 52.1 Å². The Morgan fingerprint density at radius 1 is 0.967 bits per heavy atom. The quantitative estimate of drug-likeness (QED) is 0.567. The molecule has 1 aliphatic heterocycles. The lowest BCUT2D eigenvalue weighted by Gasteiger charge is -2.34. The average molecular weight is 401 g/mol. The predicted molar refractivity (Wildman–Crippen MR) is 112 cm³/mol. The first-order chi connectivity index (χ1) is 14.7. The third-order valence-corrected chi connectivity index (χ3v) is 5.26. The van der Waals surface area contributed by atoms with Gasteiger partial charge in [-0.25, -0.2) is 4.98 Å². The van der Waals surface area contributed by atoms with Gasteiger partial charge < -0.3 is 14.3 Å². The fourth-order valence-electron chi connectivity index (χ4n) is 3.62. The van der Waals surface area contributed by atoms with Crippen LogP contribution in [0, 0.1) is 0 Å². The van der Waals surface area contributed by atoms with Crippen LogP contribution in [0.1, 0.15) is 10.6 Å². The summed E-state index contributed by atoms with van der Waals surface area (Å²) in [7, 11) is 0. The molecule has 30 heavy (non-hydrogen) atoms. The number of amides is 1. The molecule has 0 unspecified atom stereocenters. The number of nitrogens with one attached hydrogen (secondary N) is 1. The largest absolute Gasteiger partial charge is 0.350 e. The number of H-pyrrole nitrogens is 1. The van der Waals surface area contributed by atoms with E-state index in [0.717, 1.165) is 5.56 Å². The molecule has 2 aromatic carbocycles. The number of nitrogens with zero attached hydrogens (tertiary/aromatic N) is 4. The van der Waals surface area contributed by atoms with E-state index in [1.807, 2.05) is 53.4 Å². The third kappa shape index (κ3) is 3.32. The molecule has 1 saturated heterocycles. The number of rotatable bonds is 3. The lowest BCUT2D eigenvalue weighted by Crippen LogP contribution is -2.49. The molecule has 0 aliphatic carbocycles. The lowest BCUT2D eigenvalue weighted by molar-refractivity contribution is 0.0704. The summed E-state index contributed by atoms with van der Waals surface area (Å²) in [5.41, 5.74) is 2.03. The van der Waals surface area contributed by atoms with Gasteiger partial charge in [0.05, 0.1) is 10.9 Å². The number of para-hydroxylation sites is 1. The number of carbonyl (C=O) groups is 1. The van der Waals surface area contributed by atoms with Crippen LogP contribution >= 0.6 is 0 Å². The molecular formula is C22H19N5O3. The van der Waals surface area contributed by atoms with E-state index in [4.69, 9.17) is 4.52 Å². The molecule has 2 aromatic heterocycles. The summed E-state index contributed by atoms with van der Waals surface area (Å²) in [5.74, 6) is 0.556. The normalized spacial score (nSPS) is 14.3. The van der Waals surface area contributed by atoms with E-state index >= 15 is 0 Å². The summed E-state index contributed by atoms with van der Waals surface area (Å²) in [5, 5.41) is 4.59. The number of fused-ring (bicyclic) bond motifs is 1. The second kappa shape index (κ2) is 7.47. The second-order valence-corrected chi connectivity index (χ2v) is 7.13. The van der Waals surface area contributed by atoms with Crippen molar-refractivity contribution < 1.29 is 9.32 Å². The zero-order valence-corrected chi connectivity index (χ0v) is 16.1. The van der Waals surface area contributed by atoms with Crippen LogP contribution in [0.15, 0.2) is 70.0 Å². The zero-order chi connectivity index (χ0) is 20.5. The summed E-state index contributed by atoms with van der Waals surface area (Å²) in [4.78, 5) is 36.2. The van der Waals surface area contributed by atoms with Crippen molar-refractivity contribution in [1.29, 1.82) is 0 Å². The topological polar surface area (TPSA) is 95.3 Å². The first-order valence-electron chi connectivity index (χ1n) is 9.74. The summed E-state index contributed by atoms with van der Waals surface area (Å²) < 4.78 is 5.29.